The Morgan fingerprint density at radius 2 is 1.30 bits per heavy atom. The number of amides is 2. The van der Waals surface area contributed by atoms with Crippen molar-refractivity contribution in [2.24, 2.45) is 0 Å². The number of hydroxylamine groups is 2. The number of nitrogens with zero attached hydrogens (tertiary/aromatic N) is 4. The molecule has 4 aliphatic heterocycles. The topological polar surface area (TPSA) is 352 Å². The summed E-state index contributed by atoms with van der Waals surface area (Å²) in [4.78, 5) is 40.2. The summed E-state index contributed by atoms with van der Waals surface area (Å²) in [6, 6.07) is 0. The Morgan fingerprint density at radius 3 is 1.92 bits per heavy atom. The molecule has 1 aromatic heterocycles. The van der Waals surface area contributed by atoms with Gasteiger partial charge in [-0.2, -0.15) is 0 Å². The van der Waals surface area contributed by atoms with Gasteiger partial charge in [0.2, 0.25) is 0 Å². The zero-order valence-corrected chi connectivity index (χ0v) is 27.9. The molecule has 53 heavy (non-hydrogen) atoms. The number of aromatic nitrogens is 3. The lowest BCUT2D eigenvalue weighted by Crippen LogP contribution is -2.65. The normalized spacial score (nSPS) is 39.4. The van der Waals surface area contributed by atoms with Crippen molar-refractivity contribution >= 4 is 17.8 Å². The van der Waals surface area contributed by atoms with Crippen molar-refractivity contribution in [3.05, 3.63) is 11.9 Å². The number of carbonyl (C=O) groups excluding carboxylic acids is 3. The van der Waals surface area contributed by atoms with Crippen molar-refractivity contribution < 1.29 is 98.7 Å². The first-order valence-electron chi connectivity index (χ1n) is 16.7. The van der Waals surface area contributed by atoms with Crippen LogP contribution in [0.25, 0.3) is 0 Å². The summed E-state index contributed by atoms with van der Waals surface area (Å²) < 4.78 is 34.6. The third-order valence-corrected chi connectivity index (χ3v) is 9.03. The molecular weight excluding hydrogens is 724 g/mol. The smallest absolute Gasteiger partial charge is 0.333 e. The molecular formula is C29H44N4O20. The van der Waals surface area contributed by atoms with Crippen molar-refractivity contribution in [1.29, 1.82) is 0 Å². The Kier molecular flexibility index (Phi) is 14.1. The molecule has 4 fully saturated rings. The minimum Gasteiger partial charge on any atom is -0.394 e. The van der Waals surface area contributed by atoms with Crippen molar-refractivity contribution in [1.82, 2.24) is 20.1 Å². The second-order valence-electron chi connectivity index (χ2n) is 12.7. The third kappa shape index (κ3) is 9.50. The maximum absolute atomic E-state index is 12.1. The van der Waals surface area contributed by atoms with E-state index >= 15 is 0 Å². The Labute approximate surface area is 299 Å². The molecule has 24 nitrogen and oxygen atoms in total. The molecule has 2 amide bonds. The van der Waals surface area contributed by atoms with E-state index < -0.39 is 130 Å². The molecule has 0 spiro atoms. The van der Waals surface area contributed by atoms with Crippen LogP contribution in [0.5, 0.6) is 0 Å². The first-order valence-corrected chi connectivity index (χ1v) is 16.7. The van der Waals surface area contributed by atoms with Crippen LogP contribution in [0.15, 0.2) is 6.20 Å². The van der Waals surface area contributed by atoms with Crippen molar-refractivity contribution in [3.63, 3.8) is 0 Å². The fourth-order valence-electron chi connectivity index (χ4n) is 5.93. The number of hydrogen-bond donors (Lipinski definition) is 10. The third-order valence-electron chi connectivity index (χ3n) is 9.03. The van der Waals surface area contributed by atoms with E-state index in [4.69, 9.17) is 33.3 Å². The van der Waals surface area contributed by atoms with Crippen LogP contribution in [0.2, 0.25) is 0 Å². The predicted molar refractivity (Wildman–Crippen MR) is 161 cm³/mol. The maximum Gasteiger partial charge on any atom is 0.333 e. The fraction of sp³-hybridized carbons (Fsp3) is 0.828. The molecule has 0 saturated carbocycles. The van der Waals surface area contributed by atoms with E-state index in [0.29, 0.717) is 10.8 Å². The summed E-state index contributed by atoms with van der Waals surface area (Å²) in [6.07, 6.45) is -24.1. The zero-order valence-electron chi connectivity index (χ0n) is 27.9. The average Bonchev–Trinajstić information content (AvgIpc) is 3.73. The molecule has 24 heteroatoms. The number of hydrogen-bond acceptors (Lipinski definition) is 22. The van der Waals surface area contributed by atoms with Gasteiger partial charge in [-0.3, -0.25) is 9.59 Å². The van der Waals surface area contributed by atoms with Gasteiger partial charge in [0.15, 0.2) is 18.9 Å². The summed E-state index contributed by atoms with van der Waals surface area (Å²) in [5.74, 6) is -2.06. The molecule has 0 aromatic carbocycles. The van der Waals surface area contributed by atoms with Crippen LogP contribution < -0.4 is 0 Å². The number of imide groups is 1. The average molecular weight is 769 g/mol. The highest BCUT2D eigenvalue weighted by molar-refractivity contribution is 6.01. The van der Waals surface area contributed by atoms with Gasteiger partial charge < -0.3 is 84.3 Å². The molecule has 1 aromatic rings. The largest absolute Gasteiger partial charge is 0.394 e. The highest BCUT2D eigenvalue weighted by Crippen LogP contribution is 2.31. The van der Waals surface area contributed by atoms with Gasteiger partial charge in [0.05, 0.1) is 45.1 Å². The number of ether oxygens (including phenoxy) is 6. The molecule has 5 heterocycles. The van der Waals surface area contributed by atoms with E-state index in [9.17, 15) is 65.4 Å². The summed E-state index contributed by atoms with van der Waals surface area (Å²) in [7, 11) is 0. The molecule has 5 rings (SSSR count). The van der Waals surface area contributed by atoms with Gasteiger partial charge in [0, 0.05) is 25.5 Å². The van der Waals surface area contributed by atoms with Crippen LogP contribution in [0.3, 0.4) is 0 Å². The van der Waals surface area contributed by atoms with Gasteiger partial charge >= 0.3 is 5.97 Å². The highest BCUT2D eigenvalue weighted by Gasteiger charge is 2.52. The zero-order chi connectivity index (χ0) is 38.6. The van der Waals surface area contributed by atoms with E-state index in [-0.39, 0.29) is 38.8 Å². The molecule has 4 aliphatic rings. The summed E-state index contributed by atoms with van der Waals surface area (Å²) >= 11 is 0. The Bertz CT molecular complexity index is 1370. The summed E-state index contributed by atoms with van der Waals surface area (Å²) in [5.41, 5.74) is 0.344. The molecule has 0 radical (unpaired) electrons. The van der Waals surface area contributed by atoms with E-state index in [1.165, 1.54) is 10.9 Å². The molecule has 0 aliphatic carbocycles. The highest BCUT2D eigenvalue weighted by atomic mass is 16.8. The monoisotopic (exact) mass is 768 g/mol. The number of aryl methyl sites for hydroxylation is 1. The van der Waals surface area contributed by atoms with Gasteiger partial charge in [-0.1, -0.05) is 5.21 Å². The van der Waals surface area contributed by atoms with E-state index in [1.54, 1.807) is 0 Å². The maximum atomic E-state index is 12.1. The minimum absolute atomic E-state index is 0.00632. The number of rotatable bonds is 15. The van der Waals surface area contributed by atoms with E-state index in [2.05, 4.69) is 10.3 Å². The van der Waals surface area contributed by atoms with Gasteiger partial charge in [-0.05, 0) is 0 Å². The Morgan fingerprint density at radius 1 is 0.736 bits per heavy atom. The van der Waals surface area contributed by atoms with E-state index in [1.807, 2.05) is 0 Å². The molecule has 4 saturated heterocycles. The first kappa shape index (κ1) is 41.3. The quantitative estimate of drug-likeness (QED) is 0.0741. The second kappa shape index (κ2) is 18.2. The van der Waals surface area contributed by atoms with Crippen molar-refractivity contribution in [3.8, 4) is 0 Å². The summed E-state index contributed by atoms with van der Waals surface area (Å²) in [5, 5.41) is 111. The Hall–Kier alpha value is -2.89. The van der Waals surface area contributed by atoms with Crippen LogP contribution in [0, 0.1) is 0 Å². The molecule has 300 valence electrons. The summed E-state index contributed by atoms with van der Waals surface area (Å²) in [6.45, 7) is -2.41. The van der Waals surface area contributed by atoms with Crippen LogP contribution >= 0.6 is 0 Å². The van der Waals surface area contributed by atoms with Crippen LogP contribution in [0.1, 0.15) is 25.0 Å². The van der Waals surface area contributed by atoms with Crippen LogP contribution in [-0.4, -0.2) is 207 Å². The van der Waals surface area contributed by atoms with Gasteiger partial charge in [-0.15, -0.1) is 10.2 Å². The molecule has 15 atom stereocenters. The lowest BCUT2D eigenvalue weighted by molar-refractivity contribution is -0.366. The van der Waals surface area contributed by atoms with Crippen LogP contribution in [0.4, 0.5) is 0 Å². The van der Waals surface area contributed by atoms with Gasteiger partial charge in [0.25, 0.3) is 11.8 Å². The minimum atomic E-state index is -1.91. The Balaban J connectivity index is 1.21. The SMILES string of the molecule is O=C(CCc1cn(CCO[C@@H]2O[C@H](CO[C@H]3O[C@H](CO)[C@@H](O)[C@H](O)[C@@H]3O)[C@@H](O)[C@H](O[C@H]3O[C@H](CO)[C@@H](O)[C@H](O)[C@@H]3O)[C@@H]2O)nn1)ON1C(=O)CCC1=O. The second-order valence-corrected chi connectivity index (χ2v) is 12.7. The van der Waals surface area contributed by atoms with E-state index in [0.717, 1.165) is 0 Å². The number of aliphatic hydroxyl groups excluding tert-OH is 10. The number of aliphatic hydroxyl groups is 10. The fourth-order valence-corrected chi connectivity index (χ4v) is 5.93. The lowest BCUT2D eigenvalue weighted by atomic mass is 9.96. The standard InChI is InChI=1S/C29H44N4O20/c34-8-12-18(39)21(42)23(44)27(49-12)48-10-14-20(41)26(52-29-24(45)22(43)19(40)13(9-35)50-29)25(46)28(51-14)47-6-5-32-7-11(30-31-32)1-4-17(38)53-33-15(36)2-3-16(33)37/h7,12-14,18-29,34-35,39-46H,1-6,8-10H2/t12-,13-,14-,18-,19-,20-,21+,22+,23+,24+,25+,26+,27+,28-,29-/m1/s1. The van der Waals surface area contributed by atoms with Crippen LogP contribution in [-0.2, 0) is 60.6 Å². The first-order chi connectivity index (χ1) is 25.2. The van der Waals surface area contributed by atoms with Crippen molar-refractivity contribution in [2.45, 2.75) is 124 Å². The van der Waals surface area contributed by atoms with Crippen molar-refractivity contribution in [2.75, 3.05) is 26.4 Å². The molecule has 10 N–H and O–H groups in total. The van der Waals surface area contributed by atoms with Gasteiger partial charge in [0.1, 0.15) is 73.2 Å². The van der Waals surface area contributed by atoms with Gasteiger partial charge in [-0.25, -0.2) is 9.48 Å². The number of carbonyl (C=O) groups is 3. The lowest BCUT2D eigenvalue weighted by Gasteiger charge is -2.46. The molecule has 0 unspecified atom stereocenters. The predicted octanol–water partition coefficient (Wildman–Crippen LogP) is -7.72. The molecule has 0 bridgehead atoms.